The number of nitrogens with zero attached hydrogens (tertiary/aromatic N) is 4. The van der Waals surface area contributed by atoms with Crippen molar-refractivity contribution < 1.29 is 9.59 Å². The Morgan fingerprint density at radius 3 is 2.74 bits per heavy atom. The van der Waals surface area contributed by atoms with Gasteiger partial charge in [0.1, 0.15) is 0 Å². The molecule has 1 aliphatic rings. The van der Waals surface area contributed by atoms with Crippen molar-refractivity contribution in [3.05, 3.63) is 36.0 Å². The molecule has 2 amide bonds. The number of nitrogens with two attached hydrogens (primary N) is 1. The van der Waals surface area contributed by atoms with Crippen LogP contribution in [0.2, 0.25) is 0 Å². The smallest absolute Gasteiger partial charge is 0.256 e. The Kier molecular flexibility index (Phi) is 4.99. The molecule has 27 heavy (non-hydrogen) atoms. The van der Waals surface area contributed by atoms with Crippen LogP contribution in [-0.4, -0.2) is 63.8 Å². The standard InChI is InChI=1S/C17H18N6O2S2/c18-14(24)10-26-17-21-20-16(27-17)23-7-5-22(6-8-23)15(25)12-9-19-13-4-2-1-3-11(12)13/h1-4,9,19H,5-8,10H2,(H2,18,24). The maximum Gasteiger partial charge on any atom is 0.256 e. The van der Waals surface area contributed by atoms with Crippen molar-refractivity contribution in [2.45, 2.75) is 4.34 Å². The van der Waals surface area contributed by atoms with Gasteiger partial charge in [0, 0.05) is 43.3 Å². The Balaban J connectivity index is 1.39. The zero-order valence-electron chi connectivity index (χ0n) is 14.4. The lowest BCUT2D eigenvalue weighted by atomic mass is 10.1. The van der Waals surface area contributed by atoms with E-state index >= 15 is 0 Å². The van der Waals surface area contributed by atoms with E-state index in [4.69, 9.17) is 5.73 Å². The second-order valence-electron chi connectivity index (χ2n) is 6.13. The van der Waals surface area contributed by atoms with Gasteiger partial charge in [0.15, 0.2) is 4.34 Å². The normalized spacial score (nSPS) is 14.7. The Hall–Kier alpha value is -2.59. The number of carbonyl (C=O) groups excluding carboxylic acids is 2. The van der Waals surface area contributed by atoms with Crippen molar-refractivity contribution >= 4 is 50.9 Å². The van der Waals surface area contributed by atoms with Gasteiger partial charge in [-0.25, -0.2) is 0 Å². The van der Waals surface area contributed by atoms with Gasteiger partial charge in [-0.15, -0.1) is 10.2 Å². The molecule has 0 spiro atoms. The number of anilines is 1. The summed E-state index contributed by atoms with van der Waals surface area (Å²) in [5.74, 6) is -0.134. The molecule has 1 fully saturated rings. The van der Waals surface area contributed by atoms with Crippen LogP contribution in [0.15, 0.2) is 34.8 Å². The lowest BCUT2D eigenvalue weighted by Gasteiger charge is -2.34. The van der Waals surface area contributed by atoms with E-state index in [1.54, 1.807) is 6.20 Å². The first kappa shape index (κ1) is 17.8. The topological polar surface area (TPSA) is 108 Å². The molecule has 1 aromatic carbocycles. The van der Waals surface area contributed by atoms with Gasteiger partial charge in [0.25, 0.3) is 5.91 Å². The highest BCUT2D eigenvalue weighted by molar-refractivity contribution is 8.01. The molecule has 8 nitrogen and oxygen atoms in total. The van der Waals surface area contributed by atoms with E-state index in [0.29, 0.717) is 31.7 Å². The van der Waals surface area contributed by atoms with Crippen molar-refractivity contribution in [3.63, 3.8) is 0 Å². The number of piperazine rings is 1. The number of aromatic amines is 1. The Labute approximate surface area is 163 Å². The third-order valence-electron chi connectivity index (χ3n) is 4.39. The van der Waals surface area contributed by atoms with Gasteiger partial charge in [-0.05, 0) is 6.07 Å². The summed E-state index contributed by atoms with van der Waals surface area (Å²) in [5.41, 5.74) is 6.83. The molecule has 10 heteroatoms. The van der Waals surface area contributed by atoms with E-state index in [0.717, 1.165) is 20.4 Å². The van der Waals surface area contributed by atoms with Gasteiger partial charge in [-0.1, -0.05) is 41.3 Å². The van der Waals surface area contributed by atoms with Crippen molar-refractivity contribution in [1.82, 2.24) is 20.1 Å². The summed E-state index contributed by atoms with van der Waals surface area (Å²) in [4.78, 5) is 30.9. The van der Waals surface area contributed by atoms with Gasteiger partial charge in [-0.2, -0.15) is 0 Å². The zero-order valence-corrected chi connectivity index (χ0v) is 16.1. The Morgan fingerprint density at radius 2 is 1.96 bits per heavy atom. The second kappa shape index (κ2) is 7.57. The average Bonchev–Trinajstić information content (AvgIpc) is 3.33. The van der Waals surface area contributed by atoms with Crippen LogP contribution in [0.4, 0.5) is 5.13 Å². The first-order valence-electron chi connectivity index (χ1n) is 8.47. The van der Waals surface area contributed by atoms with Crippen molar-refractivity contribution in [2.24, 2.45) is 5.73 Å². The number of carbonyl (C=O) groups is 2. The molecule has 0 aliphatic carbocycles. The highest BCUT2D eigenvalue weighted by atomic mass is 32.2. The van der Waals surface area contributed by atoms with Crippen LogP contribution < -0.4 is 10.6 Å². The van der Waals surface area contributed by atoms with E-state index in [1.807, 2.05) is 29.2 Å². The number of nitrogens with one attached hydrogen (secondary N) is 1. The van der Waals surface area contributed by atoms with Gasteiger partial charge in [0.2, 0.25) is 11.0 Å². The number of aromatic nitrogens is 3. The molecular weight excluding hydrogens is 384 g/mol. The summed E-state index contributed by atoms with van der Waals surface area (Å²) in [7, 11) is 0. The van der Waals surface area contributed by atoms with Gasteiger partial charge < -0.3 is 20.5 Å². The van der Waals surface area contributed by atoms with E-state index in [9.17, 15) is 9.59 Å². The minimum absolute atomic E-state index is 0.0436. The zero-order chi connectivity index (χ0) is 18.8. The number of hydrogen-bond donors (Lipinski definition) is 2. The summed E-state index contributed by atoms with van der Waals surface area (Å²) in [6, 6.07) is 7.81. The number of para-hydroxylation sites is 1. The maximum atomic E-state index is 12.9. The van der Waals surface area contributed by atoms with E-state index < -0.39 is 0 Å². The molecule has 3 heterocycles. The number of fused-ring (bicyclic) bond motifs is 1. The summed E-state index contributed by atoms with van der Waals surface area (Å²) in [6.07, 6.45) is 1.78. The molecule has 1 aliphatic heterocycles. The lowest BCUT2D eigenvalue weighted by molar-refractivity contribution is -0.115. The average molecular weight is 403 g/mol. The first-order valence-corrected chi connectivity index (χ1v) is 10.3. The summed E-state index contributed by atoms with van der Waals surface area (Å²) < 4.78 is 0.723. The molecule has 3 N–H and O–H groups in total. The number of hydrogen-bond acceptors (Lipinski definition) is 7. The molecule has 0 saturated carbocycles. The van der Waals surface area contributed by atoms with Crippen LogP contribution >= 0.6 is 23.1 Å². The molecule has 4 rings (SSSR count). The highest BCUT2D eigenvalue weighted by Crippen LogP contribution is 2.28. The largest absolute Gasteiger partial charge is 0.369 e. The molecule has 0 atom stereocenters. The lowest BCUT2D eigenvalue weighted by Crippen LogP contribution is -2.48. The molecule has 0 unspecified atom stereocenters. The molecule has 2 aromatic heterocycles. The van der Waals surface area contributed by atoms with Crippen LogP contribution in [0.1, 0.15) is 10.4 Å². The SMILES string of the molecule is NC(=O)CSc1nnc(N2CCN(C(=O)c3c[nH]c4ccccc34)CC2)s1. The number of primary amides is 1. The number of rotatable bonds is 5. The predicted molar refractivity (Wildman–Crippen MR) is 106 cm³/mol. The quantitative estimate of drug-likeness (QED) is 0.627. The highest BCUT2D eigenvalue weighted by Gasteiger charge is 2.25. The fourth-order valence-electron chi connectivity index (χ4n) is 3.04. The van der Waals surface area contributed by atoms with Gasteiger partial charge in [-0.3, -0.25) is 9.59 Å². The fourth-order valence-corrected chi connectivity index (χ4v) is 4.67. The van der Waals surface area contributed by atoms with Crippen molar-refractivity contribution in [3.8, 4) is 0 Å². The molecule has 0 radical (unpaired) electrons. The predicted octanol–water partition coefficient (Wildman–Crippen LogP) is 1.56. The molecule has 1 saturated heterocycles. The monoisotopic (exact) mass is 402 g/mol. The summed E-state index contributed by atoms with van der Waals surface area (Å²) >= 11 is 2.73. The number of H-pyrrole nitrogens is 1. The summed E-state index contributed by atoms with van der Waals surface area (Å²) in [5, 5.41) is 10.0. The van der Waals surface area contributed by atoms with Crippen molar-refractivity contribution in [1.29, 1.82) is 0 Å². The molecule has 0 bridgehead atoms. The molecular formula is C17H18N6O2S2. The number of amides is 2. The first-order chi connectivity index (χ1) is 13.1. The van der Waals surface area contributed by atoms with Gasteiger partial charge in [0.05, 0.1) is 11.3 Å². The Morgan fingerprint density at radius 1 is 1.19 bits per heavy atom. The van der Waals surface area contributed by atoms with Crippen LogP contribution in [0.25, 0.3) is 10.9 Å². The second-order valence-corrected chi connectivity index (χ2v) is 8.31. The number of benzene rings is 1. The van der Waals surface area contributed by atoms with E-state index in [1.165, 1.54) is 23.1 Å². The maximum absolute atomic E-state index is 12.9. The minimum atomic E-state index is -0.374. The van der Waals surface area contributed by atoms with Crippen LogP contribution in [-0.2, 0) is 4.79 Å². The van der Waals surface area contributed by atoms with Crippen LogP contribution in [0, 0.1) is 0 Å². The third-order valence-corrected chi connectivity index (χ3v) is 6.53. The number of thioether (sulfide) groups is 1. The van der Waals surface area contributed by atoms with Gasteiger partial charge >= 0.3 is 0 Å². The molecule has 140 valence electrons. The fraction of sp³-hybridized carbons (Fsp3) is 0.294. The Bertz CT molecular complexity index is 977. The van der Waals surface area contributed by atoms with Crippen LogP contribution in [0.5, 0.6) is 0 Å². The van der Waals surface area contributed by atoms with Crippen molar-refractivity contribution in [2.75, 3.05) is 36.8 Å². The van der Waals surface area contributed by atoms with E-state index in [-0.39, 0.29) is 17.6 Å². The van der Waals surface area contributed by atoms with E-state index in [2.05, 4.69) is 20.1 Å². The summed E-state index contributed by atoms with van der Waals surface area (Å²) in [6.45, 7) is 2.65. The third kappa shape index (κ3) is 3.76. The molecule has 3 aromatic rings. The minimum Gasteiger partial charge on any atom is -0.369 e. The van der Waals surface area contributed by atoms with Crippen LogP contribution in [0.3, 0.4) is 0 Å².